The highest BCUT2D eigenvalue weighted by Gasteiger charge is 2.49. The fraction of sp³-hybridized carbons (Fsp3) is 0.667. The molecule has 1 saturated carbocycles. The zero-order valence-corrected chi connectivity index (χ0v) is 13.4. The Hall–Kier alpha value is -1.06. The van der Waals surface area contributed by atoms with Gasteiger partial charge in [0.2, 0.25) is 0 Å². The summed E-state index contributed by atoms with van der Waals surface area (Å²) in [4.78, 5) is 0. The van der Waals surface area contributed by atoms with Gasteiger partial charge in [0.15, 0.2) is 0 Å². The van der Waals surface area contributed by atoms with Crippen LogP contribution in [0, 0.1) is 5.41 Å². The van der Waals surface area contributed by atoms with E-state index in [-0.39, 0.29) is 5.41 Å². The largest absolute Gasteiger partial charge is 0.508 e. The third-order valence-corrected chi connectivity index (χ3v) is 5.39. The summed E-state index contributed by atoms with van der Waals surface area (Å²) in [7, 11) is 0. The van der Waals surface area contributed by atoms with Crippen molar-refractivity contribution in [2.45, 2.75) is 64.6 Å². The number of phenols is 1. The summed E-state index contributed by atoms with van der Waals surface area (Å²) in [5.41, 5.74) is 2.87. The Labute approximate surface area is 127 Å². The first-order valence-electron chi connectivity index (χ1n) is 8.21. The minimum absolute atomic E-state index is 0.199. The molecular weight excluding hydrogens is 262 g/mol. The molecule has 3 atom stereocenters. The van der Waals surface area contributed by atoms with Gasteiger partial charge in [-0.15, -0.1) is 0 Å². The van der Waals surface area contributed by atoms with Crippen LogP contribution in [-0.2, 0) is 11.2 Å². The second-order valence-corrected chi connectivity index (χ2v) is 7.05. The first kappa shape index (κ1) is 14.9. The Morgan fingerprint density at radius 3 is 2.90 bits per heavy atom. The molecule has 3 heteroatoms. The molecule has 1 fully saturated rings. The predicted octanol–water partition coefficient (Wildman–Crippen LogP) is 3.56. The van der Waals surface area contributed by atoms with E-state index < -0.39 is 0 Å². The fourth-order valence-electron chi connectivity index (χ4n) is 3.87. The molecule has 2 aliphatic carbocycles. The number of benzene rings is 1. The number of aromatic hydroxyl groups is 1. The monoisotopic (exact) mass is 289 g/mol. The summed E-state index contributed by atoms with van der Waals surface area (Å²) in [6.07, 6.45) is 4.94. The van der Waals surface area contributed by atoms with Crippen molar-refractivity contribution in [3.05, 3.63) is 29.3 Å². The Morgan fingerprint density at radius 2 is 2.19 bits per heavy atom. The maximum absolute atomic E-state index is 9.65. The zero-order chi connectivity index (χ0) is 15.0. The van der Waals surface area contributed by atoms with Gasteiger partial charge in [0.1, 0.15) is 5.75 Å². The number of phenolic OH excluding ortho intramolecular Hbond substituents is 1. The third-order valence-electron chi connectivity index (χ3n) is 5.39. The molecule has 0 heterocycles. The van der Waals surface area contributed by atoms with E-state index in [4.69, 9.17) is 4.74 Å². The van der Waals surface area contributed by atoms with Crippen LogP contribution in [0.15, 0.2) is 18.2 Å². The van der Waals surface area contributed by atoms with E-state index in [0.717, 1.165) is 19.4 Å². The Balaban J connectivity index is 1.70. The van der Waals surface area contributed by atoms with Crippen molar-refractivity contribution in [1.29, 1.82) is 0 Å². The molecule has 0 spiro atoms. The number of hydrogen-bond acceptors (Lipinski definition) is 3. The van der Waals surface area contributed by atoms with Gasteiger partial charge in [0.25, 0.3) is 0 Å². The van der Waals surface area contributed by atoms with Crippen LogP contribution in [0.5, 0.6) is 5.75 Å². The SMILES string of the molecule is CCOC1CC(NC2CCCc3cc(O)ccc32)C1(C)C. The minimum atomic E-state index is 0.199. The summed E-state index contributed by atoms with van der Waals surface area (Å²) in [6, 6.07) is 6.76. The van der Waals surface area contributed by atoms with Crippen LogP contribution >= 0.6 is 0 Å². The van der Waals surface area contributed by atoms with Crippen molar-refractivity contribution in [3.63, 3.8) is 0 Å². The van der Waals surface area contributed by atoms with Crippen LogP contribution in [-0.4, -0.2) is 23.9 Å². The average Bonchev–Trinajstić information content (AvgIpc) is 2.46. The lowest BCUT2D eigenvalue weighted by molar-refractivity contribution is -0.117. The van der Waals surface area contributed by atoms with Gasteiger partial charge < -0.3 is 15.2 Å². The van der Waals surface area contributed by atoms with Gasteiger partial charge in [-0.2, -0.15) is 0 Å². The number of rotatable bonds is 4. The molecule has 0 saturated heterocycles. The number of nitrogens with one attached hydrogen (secondary N) is 1. The van der Waals surface area contributed by atoms with E-state index in [1.165, 1.54) is 24.0 Å². The van der Waals surface area contributed by atoms with Crippen LogP contribution < -0.4 is 5.32 Å². The summed E-state index contributed by atoms with van der Waals surface area (Å²) in [5.74, 6) is 0.384. The van der Waals surface area contributed by atoms with E-state index in [9.17, 15) is 5.11 Å². The molecule has 0 aromatic heterocycles. The van der Waals surface area contributed by atoms with E-state index in [0.29, 0.717) is 23.9 Å². The van der Waals surface area contributed by atoms with E-state index >= 15 is 0 Å². The van der Waals surface area contributed by atoms with Crippen molar-refractivity contribution < 1.29 is 9.84 Å². The molecule has 0 amide bonds. The summed E-state index contributed by atoms with van der Waals surface area (Å²) < 4.78 is 5.82. The van der Waals surface area contributed by atoms with Crippen LogP contribution in [0.4, 0.5) is 0 Å². The molecule has 21 heavy (non-hydrogen) atoms. The van der Waals surface area contributed by atoms with Crippen molar-refractivity contribution in [3.8, 4) is 5.75 Å². The molecule has 3 rings (SSSR count). The first-order valence-corrected chi connectivity index (χ1v) is 8.21. The number of aryl methyl sites for hydroxylation is 1. The lowest BCUT2D eigenvalue weighted by Crippen LogP contribution is -2.61. The fourth-order valence-corrected chi connectivity index (χ4v) is 3.87. The van der Waals surface area contributed by atoms with Crippen LogP contribution in [0.25, 0.3) is 0 Å². The zero-order valence-electron chi connectivity index (χ0n) is 13.4. The molecule has 116 valence electrons. The molecule has 2 aliphatic rings. The van der Waals surface area contributed by atoms with Gasteiger partial charge in [0, 0.05) is 24.1 Å². The highest BCUT2D eigenvalue weighted by molar-refractivity contribution is 5.38. The minimum Gasteiger partial charge on any atom is -0.508 e. The van der Waals surface area contributed by atoms with Gasteiger partial charge in [-0.05, 0) is 55.9 Å². The van der Waals surface area contributed by atoms with Crippen LogP contribution in [0.3, 0.4) is 0 Å². The van der Waals surface area contributed by atoms with Crippen molar-refractivity contribution in [1.82, 2.24) is 5.32 Å². The van der Waals surface area contributed by atoms with Crippen molar-refractivity contribution in [2.24, 2.45) is 5.41 Å². The van der Waals surface area contributed by atoms with Gasteiger partial charge in [0.05, 0.1) is 6.10 Å². The molecule has 0 radical (unpaired) electrons. The lowest BCUT2D eigenvalue weighted by Gasteiger charge is -2.53. The smallest absolute Gasteiger partial charge is 0.115 e. The maximum Gasteiger partial charge on any atom is 0.115 e. The second kappa shape index (κ2) is 5.62. The highest BCUT2D eigenvalue weighted by atomic mass is 16.5. The Bertz CT molecular complexity index is 512. The third kappa shape index (κ3) is 2.69. The van der Waals surface area contributed by atoms with Gasteiger partial charge in [-0.1, -0.05) is 19.9 Å². The lowest BCUT2D eigenvalue weighted by atomic mass is 9.64. The molecule has 1 aromatic rings. The summed E-state index contributed by atoms with van der Waals surface area (Å²) in [6.45, 7) is 7.47. The van der Waals surface area contributed by atoms with Crippen molar-refractivity contribution in [2.75, 3.05) is 6.61 Å². The number of fused-ring (bicyclic) bond motifs is 1. The van der Waals surface area contributed by atoms with Gasteiger partial charge in [-0.25, -0.2) is 0 Å². The molecule has 0 aliphatic heterocycles. The maximum atomic E-state index is 9.65. The van der Waals surface area contributed by atoms with Gasteiger partial charge >= 0.3 is 0 Å². The second-order valence-electron chi connectivity index (χ2n) is 7.05. The Kier molecular flexibility index (Phi) is 3.98. The molecular formula is C18H27NO2. The number of ether oxygens (including phenoxy) is 1. The molecule has 3 unspecified atom stereocenters. The predicted molar refractivity (Wildman–Crippen MR) is 84.5 cm³/mol. The first-order chi connectivity index (χ1) is 10.0. The topological polar surface area (TPSA) is 41.5 Å². The van der Waals surface area contributed by atoms with Crippen LogP contribution in [0.1, 0.15) is 57.2 Å². The quantitative estimate of drug-likeness (QED) is 0.890. The van der Waals surface area contributed by atoms with Gasteiger partial charge in [-0.3, -0.25) is 0 Å². The standard InChI is InChI=1S/C18H27NO2/c1-4-21-17-11-16(18(17,2)3)19-15-7-5-6-12-10-13(20)8-9-14(12)15/h8-10,15-17,19-20H,4-7,11H2,1-3H3. The molecule has 0 bridgehead atoms. The summed E-state index contributed by atoms with van der Waals surface area (Å²) >= 11 is 0. The van der Waals surface area contributed by atoms with E-state index in [1.54, 1.807) is 0 Å². The molecule has 3 nitrogen and oxygen atoms in total. The van der Waals surface area contributed by atoms with E-state index in [1.807, 2.05) is 12.1 Å². The van der Waals surface area contributed by atoms with E-state index in [2.05, 4.69) is 32.2 Å². The molecule has 1 aromatic carbocycles. The molecule has 2 N–H and O–H groups in total. The average molecular weight is 289 g/mol. The van der Waals surface area contributed by atoms with Crippen LogP contribution in [0.2, 0.25) is 0 Å². The normalized spacial score (nSPS) is 30.5. The number of hydrogen-bond donors (Lipinski definition) is 2. The van der Waals surface area contributed by atoms with Crippen molar-refractivity contribution >= 4 is 0 Å². The Morgan fingerprint density at radius 1 is 1.38 bits per heavy atom. The summed E-state index contributed by atoms with van der Waals surface area (Å²) in [5, 5.41) is 13.5. The highest BCUT2D eigenvalue weighted by Crippen LogP contribution is 2.44.